The second-order valence-corrected chi connectivity index (χ2v) is 5.47. The smallest absolute Gasteiger partial charge is 0.0524 e. The lowest BCUT2D eigenvalue weighted by Gasteiger charge is -2.34. The van der Waals surface area contributed by atoms with Crippen LogP contribution in [0.5, 0.6) is 0 Å². The molecule has 0 aromatic carbocycles. The van der Waals surface area contributed by atoms with Gasteiger partial charge in [0, 0.05) is 12.6 Å². The predicted octanol–water partition coefficient (Wildman–Crippen LogP) is 1.22. The van der Waals surface area contributed by atoms with Gasteiger partial charge in [0.1, 0.15) is 0 Å². The van der Waals surface area contributed by atoms with Crippen molar-refractivity contribution in [2.45, 2.75) is 51.2 Å². The van der Waals surface area contributed by atoms with Crippen LogP contribution in [0.25, 0.3) is 0 Å². The molecule has 2 aliphatic heterocycles. The molecule has 0 amide bonds. The summed E-state index contributed by atoms with van der Waals surface area (Å²) in [6, 6.07) is 0.806. The molecule has 0 aromatic rings. The van der Waals surface area contributed by atoms with Crippen LogP contribution < -0.4 is 5.32 Å². The minimum Gasteiger partial charge on any atom is -0.393 e. The van der Waals surface area contributed by atoms with Gasteiger partial charge in [-0.15, -0.1) is 0 Å². The minimum atomic E-state index is -0.144. The van der Waals surface area contributed by atoms with Crippen molar-refractivity contribution in [2.75, 3.05) is 26.2 Å². The minimum absolute atomic E-state index is 0.144. The molecule has 16 heavy (non-hydrogen) atoms. The van der Waals surface area contributed by atoms with Crippen molar-refractivity contribution in [3.8, 4) is 0 Å². The van der Waals surface area contributed by atoms with Crippen molar-refractivity contribution in [1.82, 2.24) is 10.2 Å². The lowest BCUT2D eigenvalue weighted by atomic mass is 9.88. The van der Waals surface area contributed by atoms with Crippen molar-refractivity contribution in [1.29, 1.82) is 0 Å². The van der Waals surface area contributed by atoms with Gasteiger partial charge in [0.25, 0.3) is 0 Å². The first-order valence-electron chi connectivity index (χ1n) is 6.90. The number of likely N-dealkylation sites (tertiary alicyclic amines) is 1. The van der Waals surface area contributed by atoms with Gasteiger partial charge in [-0.2, -0.15) is 0 Å². The largest absolute Gasteiger partial charge is 0.393 e. The Hall–Kier alpha value is -0.120. The molecule has 0 saturated carbocycles. The summed E-state index contributed by atoms with van der Waals surface area (Å²) in [6.07, 6.45) is 6.21. The van der Waals surface area contributed by atoms with Crippen LogP contribution in [0, 0.1) is 5.92 Å². The molecular weight excluding hydrogens is 200 g/mol. The fourth-order valence-electron chi connectivity index (χ4n) is 3.25. The fraction of sp³-hybridized carbons (Fsp3) is 1.00. The first-order chi connectivity index (χ1) is 7.77. The van der Waals surface area contributed by atoms with Gasteiger partial charge in [0.15, 0.2) is 0 Å². The molecule has 2 atom stereocenters. The third-order valence-corrected chi connectivity index (χ3v) is 4.18. The number of hydrogen-bond donors (Lipinski definition) is 2. The van der Waals surface area contributed by atoms with E-state index in [9.17, 15) is 5.11 Å². The van der Waals surface area contributed by atoms with E-state index in [2.05, 4.69) is 10.2 Å². The highest BCUT2D eigenvalue weighted by Crippen LogP contribution is 2.29. The maximum absolute atomic E-state index is 9.37. The van der Waals surface area contributed by atoms with E-state index in [1.165, 1.54) is 45.3 Å². The van der Waals surface area contributed by atoms with E-state index in [-0.39, 0.29) is 6.10 Å². The van der Waals surface area contributed by atoms with Crippen LogP contribution in [0.4, 0.5) is 0 Å². The summed E-state index contributed by atoms with van der Waals surface area (Å²) in [6.45, 7) is 6.64. The third-order valence-electron chi connectivity index (χ3n) is 4.18. The lowest BCUT2D eigenvalue weighted by molar-refractivity contribution is 0.123. The molecule has 2 fully saturated rings. The third kappa shape index (κ3) is 3.19. The van der Waals surface area contributed by atoms with Gasteiger partial charge < -0.3 is 15.3 Å². The van der Waals surface area contributed by atoms with Gasteiger partial charge in [-0.3, -0.25) is 0 Å². The topological polar surface area (TPSA) is 35.5 Å². The van der Waals surface area contributed by atoms with Crippen LogP contribution in [0.3, 0.4) is 0 Å². The molecule has 0 radical (unpaired) electrons. The molecule has 3 heteroatoms. The number of aliphatic hydroxyl groups is 1. The summed E-state index contributed by atoms with van der Waals surface area (Å²) in [4.78, 5) is 2.63. The van der Waals surface area contributed by atoms with Gasteiger partial charge >= 0.3 is 0 Å². The van der Waals surface area contributed by atoms with Gasteiger partial charge in [-0.25, -0.2) is 0 Å². The highest BCUT2D eigenvalue weighted by Gasteiger charge is 2.31. The van der Waals surface area contributed by atoms with Gasteiger partial charge in [-0.05, 0) is 64.6 Å². The summed E-state index contributed by atoms with van der Waals surface area (Å²) in [5.41, 5.74) is 0. The fourth-order valence-corrected chi connectivity index (χ4v) is 3.25. The zero-order valence-electron chi connectivity index (χ0n) is 10.5. The van der Waals surface area contributed by atoms with Crippen molar-refractivity contribution in [2.24, 2.45) is 5.92 Å². The van der Waals surface area contributed by atoms with Gasteiger partial charge in [0.2, 0.25) is 0 Å². The van der Waals surface area contributed by atoms with Crippen LogP contribution in [0.15, 0.2) is 0 Å². The molecule has 0 aliphatic carbocycles. The quantitative estimate of drug-likeness (QED) is 0.756. The Morgan fingerprint density at radius 2 is 2.06 bits per heavy atom. The summed E-state index contributed by atoms with van der Waals surface area (Å²) in [5, 5.41) is 12.8. The highest BCUT2D eigenvalue weighted by molar-refractivity contribution is 4.87. The summed E-state index contributed by atoms with van der Waals surface area (Å²) in [5.74, 6) is 0.901. The summed E-state index contributed by atoms with van der Waals surface area (Å²) in [7, 11) is 0. The van der Waals surface area contributed by atoms with E-state index in [1.54, 1.807) is 0 Å². The molecule has 94 valence electrons. The molecular formula is C13H26N2O. The number of nitrogens with one attached hydrogen (secondary N) is 1. The number of hydrogen-bond acceptors (Lipinski definition) is 3. The molecule has 2 rings (SSSR count). The Morgan fingerprint density at radius 3 is 2.75 bits per heavy atom. The molecule has 2 saturated heterocycles. The Balaban J connectivity index is 1.82. The molecule has 0 spiro atoms. The molecule has 0 bridgehead atoms. The Morgan fingerprint density at radius 1 is 1.31 bits per heavy atom. The van der Waals surface area contributed by atoms with Crippen molar-refractivity contribution in [3.63, 3.8) is 0 Å². The van der Waals surface area contributed by atoms with Crippen LogP contribution >= 0.6 is 0 Å². The lowest BCUT2D eigenvalue weighted by Crippen LogP contribution is -2.41. The van der Waals surface area contributed by atoms with E-state index in [4.69, 9.17) is 0 Å². The molecule has 2 unspecified atom stereocenters. The molecule has 2 N–H and O–H groups in total. The maximum Gasteiger partial charge on any atom is 0.0524 e. The molecule has 2 heterocycles. The van der Waals surface area contributed by atoms with Crippen molar-refractivity contribution < 1.29 is 5.11 Å². The number of aliphatic hydroxyl groups excluding tert-OH is 1. The van der Waals surface area contributed by atoms with E-state index in [1.807, 2.05) is 6.92 Å². The predicted molar refractivity (Wildman–Crippen MR) is 66.5 cm³/mol. The first kappa shape index (κ1) is 12.3. The van der Waals surface area contributed by atoms with E-state index < -0.39 is 0 Å². The number of piperidine rings is 1. The van der Waals surface area contributed by atoms with Crippen molar-refractivity contribution in [3.05, 3.63) is 0 Å². The maximum atomic E-state index is 9.37. The average molecular weight is 226 g/mol. The second-order valence-electron chi connectivity index (χ2n) is 5.47. The summed E-state index contributed by atoms with van der Waals surface area (Å²) < 4.78 is 0. The van der Waals surface area contributed by atoms with E-state index in [0.717, 1.165) is 24.9 Å². The SMILES string of the molecule is CC(O)CCN1CCCC1C1CCNCC1. The standard InChI is InChI=1S/C13H26N2O/c1-11(16)6-10-15-9-2-3-13(15)12-4-7-14-8-5-12/h11-14,16H,2-10H2,1H3. The monoisotopic (exact) mass is 226 g/mol. The molecule has 3 nitrogen and oxygen atoms in total. The Kier molecular flexibility index (Phi) is 4.62. The van der Waals surface area contributed by atoms with Gasteiger partial charge in [-0.1, -0.05) is 0 Å². The number of rotatable bonds is 4. The van der Waals surface area contributed by atoms with Crippen LogP contribution in [-0.2, 0) is 0 Å². The number of nitrogens with zero attached hydrogens (tertiary/aromatic N) is 1. The van der Waals surface area contributed by atoms with Crippen LogP contribution in [-0.4, -0.2) is 48.3 Å². The first-order valence-corrected chi connectivity index (χ1v) is 6.90. The normalized spacial score (nSPS) is 30.8. The average Bonchev–Trinajstić information content (AvgIpc) is 2.75. The second kappa shape index (κ2) is 5.99. The van der Waals surface area contributed by atoms with Crippen LogP contribution in [0.2, 0.25) is 0 Å². The van der Waals surface area contributed by atoms with Crippen LogP contribution in [0.1, 0.15) is 39.0 Å². The van der Waals surface area contributed by atoms with E-state index in [0.29, 0.717) is 0 Å². The zero-order chi connectivity index (χ0) is 11.4. The highest BCUT2D eigenvalue weighted by atomic mass is 16.3. The van der Waals surface area contributed by atoms with E-state index >= 15 is 0 Å². The van der Waals surface area contributed by atoms with Crippen molar-refractivity contribution >= 4 is 0 Å². The Bertz CT molecular complexity index is 202. The molecule has 2 aliphatic rings. The Labute approximate surface area is 99.2 Å². The zero-order valence-corrected chi connectivity index (χ0v) is 10.5. The van der Waals surface area contributed by atoms with Gasteiger partial charge in [0.05, 0.1) is 6.10 Å². The molecule has 0 aromatic heterocycles. The summed E-state index contributed by atoms with van der Waals surface area (Å²) >= 11 is 0.